The second-order valence-electron chi connectivity index (χ2n) is 1.38. The van der Waals surface area contributed by atoms with Crippen molar-refractivity contribution in [2.24, 2.45) is 0 Å². The first-order chi connectivity index (χ1) is 4.19. The first-order valence-electron chi connectivity index (χ1n) is 1.87. The number of carboxylic acid groups (broad SMARTS) is 1. The van der Waals surface area contributed by atoms with E-state index >= 15 is 0 Å². The molecule has 0 atom stereocenters. The molecule has 0 saturated carbocycles. The van der Waals surface area contributed by atoms with E-state index in [4.69, 9.17) is 5.11 Å². The normalized spacial score (nSPS) is 12.1. The molecule has 0 unspecified atom stereocenters. The van der Waals surface area contributed by atoms with Gasteiger partial charge in [0.25, 0.3) is 0 Å². The van der Waals surface area contributed by atoms with Gasteiger partial charge in [0, 0.05) is 0 Å². The molecule has 0 aliphatic carbocycles. The second-order valence-corrected chi connectivity index (χ2v) is 1.38. The molecule has 1 N–H and O–H groups in total. The van der Waals surface area contributed by atoms with Crippen molar-refractivity contribution in [3.05, 3.63) is 0 Å². The summed E-state index contributed by atoms with van der Waals surface area (Å²) < 4.78 is 55.5. The summed E-state index contributed by atoms with van der Waals surface area (Å²) in [5.41, 5.74) is 0. The van der Waals surface area contributed by atoms with E-state index in [1.54, 1.807) is 0 Å². The van der Waals surface area contributed by atoms with Gasteiger partial charge in [0.1, 0.15) is 0 Å². The van der Waals surface area contributed by atoms with Crippen LogP contribution in [0.5, 0.6) is 0 Å². The smallest absolute Gasteiger partial charge is 1.00 e. The number of halogens is 5. The number of hydrogen-bond acceptors (Lipinski definition) is 1. The van der Waals surface area contributed by atoms with Crippen LogP contribution in [0.1, 0.15) is 1.43 Å². The first-order valence-corrected chi connectivity index (χ1v) is 1.87. The van der Waals surface area contributed by atoms with Crippen LogP contribution in [0.4, 0.5) is 22.0 Å². The van der Waals surface area contributed by atoms with Gasteiger partial charge < -0.3 is 6.53 Å². The van der Waals surface area contributed by atoms with Gasteiger partial charge in [-0.1, -0.05) is 0 Å². The molecular formula is C3H2F5LiO2. The molecule has 0 amide bonds. The van der Waals surface area contributed by atoms with Gasteiger partial charge in [-0.3, -0.25) is 0 Å². The number of carbonyl (C=O) groups is 1. The van der Waals surface area contributed by atoms with Gasteiger partial charge in [-0.05, 0) is 0 Å². The maximum absolute atomic E-state index is 11.3. The molecule has 0 aromatic carbocycles. The van der Waals surface area contributed by atoms with E-state index in [1.807, 2.05) is 0 Å². The molecule has 0 saturated heterocycles. The van der Waals surface area contributed by atoms with E-state index in [1.165, 1.54) is 0 Å². The Bertz CT molecular complexity index is 157. The topological polar surface area (TPSA) is 37.3 Å². The Morgan fingerprint density at radius 2 is 1.45 bits per heavy atom. The third-order valence-electron chi connectivity index (χ3n) is 0.625. The summed E-state index contributed by atoms with van der Waals surface area (Å²) in [6.45, 7) is 0. The zero-order chi connectivity index (χ0) is 8.58. The fraction of sp³-hybridized carbons (Fsp3) is 0.667. The molecule has 0 aromatic rings. The van der Waals surface area contributed by atoms with Crippen molar-refractivity contribution in [3.8, 4) is 0 Å². The monoisotopic (exact) mass is 172 g/mol. The van der Waals surface area contributed by atoms with Crippen LogP contribution < -0.4 is 18.9 Å². The van der Waals surface area contributed by atoms with Crippen LogP contribution in [0.15, 0.2) is 0 Å². The zero-order valence-electron chi connectivity index (χ0n) is 6.25. The van der Waals surface area contributed by atoms with Gasteiger partial charge in [0.2, 0.25) is 0 Å². The van der Waals surface area contributed by atoms with Crippen LogP contribution in [0.2, 0.25) is 0 Å². The van der Waals surface area contributed by atoms with Gasteiger partial charge in [-0.15, -0.1) is 0 Å². The minimum atomic E-state index is -6.02. The standard InChI is InChI=1S/C3HF5O2.Li.H/c4-2(5,1(9)10)3(6,7)8;;/h(H,9,10);;/q;+1;-1. The van der Waals surface area contributed by atoms with Crippen LogP contribution in [0.25, 0.3) is 0 Å². The van der Waals surface area contributed by atoms with E-state index < -0.39 is 18.1 Å². The molecule has 0 fully saturated rings. The van der Waals surface area contributed by atoms with Gasteiger partial charge in [0.05, 0.1) is 0 Å². The molecule has 0 aromatic heterocycles. The largest absolute Gasteiger partial charge is 1.00 e. The van der Waals surface area contributed by atoms with Crippen molar-refractivity contribution in [2.75, 3.05) is 0 Å². The predicted molar refractivity (Wildman–Crippen MR) is 19.7 cm³/mol. The van der Waals surface area contributed by atoms with Crippen LogP contribution in [-0.2, 0) is 4.79 Å². The second kappa shape index (κ2) is 3.41. The van der Waals surface area contributed by atoms with Gasteiger partial charge >= 0.3 is 36.9 Å². The zero-order valence-corrected chi connectivity index (χ0v) is 5.25. The van der Waals surface area contributed by atoms with Crippen LogP contribution in [0.3, 0.4) is 0 Å². The number of carboxylic acids is 1. The van der Waals surface area contributed by atoms with E-state index in [2.05, 4.69) is 0 Å². The van der Waals surface area contributed by atoms with Gasteiger partial charge in [-0.25, -0.2) is 4.79 Å². The van der Waals surface area contributed by atoms with Crippen molar-refractivity contribution in [1.29, 1.82) is 0 Å². The summed E-state index contributed by atoms with van der Waals surface area (Å²) in [4.78, 5) is 9.20. The molecule has 11 heavy (non-hydrogen) atoms. The maximum Gasteiger partial charge on any atom is 1.00 e. The summed E-state index contributed by atoms with van der Waals surface area (Å²) in [6.07, 6.45) is -6.02. The average molecular weight is 172 g/mol. The summed E-state index contributed by atoms with van der Waals surface area (Å²) in [5, 5.41) is 7.31. The maximum atomic E-state index is 11.3. The third-order valence-corrected chi connectivity index (χ3v) is 0.625. The van der Waals surface area contributed by atoms with Gasteiger partial charge in [0.15, 0.2) is 0 Å². The minimum Gasteiger partial charge on any atom is -1.00 e. The molecule has 62 valence electrons. The Balaban J connectivity index is -0.000000405. The Kier molecular flexibility index (Phi) is 4.13. The Hall–Kier alpha value is -0.283. The average Bonchev–Trinajstić information content (AvgIpc) is 1.62. The van der Waals surface area contributed by atoms with E-state index in [0.717, 1.165) is 0 Å². The Labute approximate surface area is 71.0 Å². The quantitative estimate of drug-likeness (QED) is 0.381. The molecule has 2 nitrogen and oxygen atoms in total. The molecule has 0 rings (SSSR count). The molecular weight excluding hydrogens is 170 g/mol. The third kappa shape index (κ3) is 2.67. The fourth-order valence-electron chi connectivity index (χ4n) is 0.121. The molecule has 8 heteroatoms. The van der Waals surface area contributed by atoms with Gasteiger partial charge in [-0.2, -0.15) is 22.0 Å². The van der Waals surface area contributed by atoms with Crippen LogP contribution >= 0.6 is 0 Å². The van der Waals surface area contributed by atoms with E-state index in [9.17, 15) is 26.7 Å². The minimum absolute atomic E-state index is 0. The van der Waals surface area contributed by atoms with Crippen molar-refractivity contribution in [1.82, 2.24) is 0 Å². The fourth-order valence-corrected chi connectivity index (χ4v) is 0.121. The predicted octanol–water partition coefficient (Wildman–Crippen LogP) is -1.61. The van der Waals surface area contributed by atoms with Crippen molar-refractivity contribution in [2.45, 2.75) is 12.1 Å². The number of aliphatic carboxylic acids is 1. The summed E-state index contributed by atoms with van der Waals surface area (Å²) in [6, 6.07) is 0. The van der Waals surface area contributed by atoms with Crippen molar-refractivity contribution in [3.63, 3.8) is 0 Å². The van der Waals surface area contributed by atoms with Crippen LogP contribution in [-0.4, -0.2) is 23.2 Å². The summed E-state index contributed by atoms with van der Waals surface area (Å²) in [5.74, 6) is -8.84. The van der Waals surface area contributed by atoms with E-state index in [0.29, 0.717) is 0 Å². The molecule has 0 spiro atoms. The summed E-state index contributed by atoms with van der Waals surface area (Å²) in [7, 11) is 0. The van der Waals surface area contributed by atoms with Crippen molar-refractivity contribution >= 4 is 5.97 Å². The summed E-state index contributed by atoms with van der Waals surface area (Å²) >= 11 is 0. The molecule has 0 aliphatic heterocycles. The molecule has 0 bridgehead atoms. The SMILES string of the molecule is O=C(O)C(F)(F)C(F)(F)F.[H-].[Li+]. The number of rotatable bonds is 1. The Morgan fingerprint density at radius 3 is 1.45 bits per heavy atom. The first kappa shape index (κ1) is 13.3. The molecule has 0 aliphatic rings. The number of hydrogen-bond donors (Lipinski definition) is 1. The van der Waals surface area contributed by atoms with E-state index in [-0.39, 0.29) is 20.3 Å². The van der Waals surface area contributed by atoms with Crippen molar-refractivity contribution < 1.29 is 52.1 Å². The molecule has 0 heterocycles. The van der Waals surface area contributed by atoms with Crippen LogP contribution in [0, 0.1) is 0 Å². The number of alkyl halides is 5. The molecule has 0 radical (unpaired) electrons. The Morgan fingerprint density at radius 1 is 1.18 bits per heavy atom.